The molecule has 2 aromatic carbocycles. The molecule has 1 aliphatic heterocycles. The zero-order chi connectivity index (χ0) is 21.5. The number of hydrogen-bond donors (Lipinski definition) is 1. The lowest BCUT2D eigenvalue weighted by Gasteiger charge is -2.42. The molecule has 1 atom stereocenters. The van der Waals surface area contributed by atoms with Crippen LogP contribution in [0.5, 0.6) is 17.2 Å². The topological polar surface area (TPSA) is 54.4 Å². The van der Waals surface area contributed by atoms with Crippen LogP contribution in [0.1, 0.15) is 23.1 Å². The summed E-state index contributed by atoms with van der Waals surface area (Å²) in [6.45, 7) is 6.89. The fraction of sp³-hybridized carbons (Fsp3) is 0.500. The molecule has 0 radical (unpaired) electrons. The van der Waals surface area contributed by atoms with E-state index in [1.807, 2.05) is 12.1 Å². The molecule has 1 heterocycles. The molecule has 1 fully saturated rings. The highest BCUT2D eigenvalue weighted by molar-refractivity contribution is 5.55. The Balaban J connectivity index is 1.73. The second kappa shape index (κ2) is 10.7. The van der Waals surface area contributed by atoms with E-state index < -0.39 is 0 Å². The molecule has 0 aliphatic carbocycles. The van der Waals surface area contributed by atoms with E-state index in [1.165, 1.54) is 11.1 Å². The third-order valence-electron chi connectivity index (χ3n) is 5.97. The van der Waals surface area contributed by atoms with Crippen molar-refractivity contribution in [2.24, 2.45) is 0 Å². The van der Waals surface area contributed by atoms with Crippen LogP contribution in [-0.4, -0.2) is 68.5 Å². The standard InChI is InChI=1S/C24H34N2O4/c1-18-7-5-6-8-19(18)16-26-13-12-25(17-21(26)11-14-27)15-20-9-10-22(28-2)24(30-4)23(20)29-3/h5-10,21,27H,11-17H2,1-4H3/t21-/m1/s1. The van der Waals surface area contributed by atoms with E-state index in [1.54, 1.807) is 21.3 Å². The van der Waals surface area contributed by atoms with E-state index in [4.69, 9.17) is 14.2 Å². The van der Waals surface area contributed by atoms with Gasteiger partial charge >= 0.3 is 0 Å². The van der Waals surface area contributed by atoms with Gasteiger partial charge in [-0.25, -0.2) is 0 Å². The summed E-state index contributed by atoms with van der Waals surface area (Å²) in [6, 6.07) is 12.8. The Morgan fingerprint density at radius 1 is 0.900 bits per heavy atom. The number of rotatable bonds is 9. The lowest BCUT2D eigenvalue weighted by molar-refractivity contribution is 0.0494. The minimum absolute atomic E-state index is 0.197. The van der Waals surface area contributed by atoms with Gasteiger partial charge in [-0.2, -0.15) is 0 Å². The summed E-state index contributed by atoms with van der Waals surface area (Å²) in [6.07, 6.45) is 0.769. The maximum Gasteiger partial charge on any atom is 0.203 e. The highest BCUT2D eigenvalue weighted by Gasteiger charge is 2.28. The largest absolute Gasteiger partial charge is 0.493 e. The van der Waals surface area contributed by atoms with Crippen LogP contribution in [0.3, 0.4) is 0 Å². The van der Waals surface area contributed by atoms with Crippen molar-refractivity contribution >= 4 is 0 Å². The van der Waals surface area contributed by atoms with E-state index in [0.717, 1.165) is 50.5 Å². The molecule has 164 valence electrons. The Kier molecular flexibility index (Phi) is 7.96. The van der Waals surface area contributed by atoms with Crippen LogP contribution < -0.4 is 14.2 Å². The molecule has 1 N–H and O–H groups in total. The van der Waals surface area contributed by atoms with E-state index in [2.05, 4.69) is 41.0 Å². The Hall–Kier alpha value is -2.28. The summed E-state index contributed by atoms with van der Waals surface area (Å²) >= 11 is 0. The van der Waals surface area contributed by atoms with Crippen molar-refractivity contribution in [3.8, 4) is 17.2 Å². The van der Waals surface area contributed by atoms with E-state index in [0.29, 0.717) is 17.5 Å². The summed E-state index contributed by atoms with van der Waals surface area (Å²) in [4.78, 5) is 4.93. The fourth-order valence-corrected chi connectivity index (χ4v) is 4.27. The Morgan fingerprint density at radius 3 is 2.33 bits per heavy atom. The molecule has 0 saturated carbocycles. The first-order chi connectivity index (χ1) is 14.6. The summed E-state index contributed by atoms with van der Waals surface area (Å²) < 4.78 is 16.6. The number of benzene rings is 2. The number of aliphatic hydroxyl groups excluding tert-OH is 1. The Bertz CT molecular complexity index is 827. The average molecular weight is 415 g/mol. The molecule has 2 aromatic rings. The molecule has 30 heavy (non-hydrogen) atoms. The SMILES string of the molecule is COc1ccc(CN2CCN(Cc3ccccc3C)[C@H](CCO)C2)c(OC)c1OC. The molecule has 1 saturated heterocycles. The minimum Gasteiger partial charge on any atom is -0.493 e. The molecular weight excluding hydrogens is 380 g/mol. The van der Waals surface area contributed by atoms with Crippen molar-refractivity contribution in [1.29, 1.82) is 0 Å². The second-order valence-electron chi connectivity index (χ2n) is 7.79. The molecule has 0 bridgehead atoms. The molecule has 6 nitrogen and oxygen atoms in total. The Morgan fingerprint density at radius 2 is 1.67 bits per heavy atom. The van der Waals surface area contributed by atoms with E-state index in [9.17, 15) is 5.11 Å². The molecular formula is C24H34N2O4. The normalized spacial score (nSPS) is 17.7. The number of methoxy groups -OCH3 is 3. The smallest absolute Gasteiger partial charge is 0.203 e. The van der Waals surface area contributed by atoms with Gasteiger partial charge in [0.15, 0.2) is 11.5 Å². The number of aliphatic hydroxyl groups is 1. The predicted molar refractivity (Wildman–Crippen MR) is 118 cm³/mol. The molecule has 0 aromatic heterocycles. The van der Waals surface area contributed by atoms with E-state index >= 15 is 0 Å². The number of piperazine rings is 1. The average Bonchev–Trinajstić information content (AvgIpc) is 2.76. The number of ether oxygens (including phenoxy) is 3. The monoisotopic (exact) mass is 414 g/mol. The zero-order valence-corrected chi connectivity index (χ0v) is 18.6. The van der Waals surface area contributed by atoms with Crippen LogP contribution in [-0.2, 0) is 13.1 Å². The van der Waals surface area contributed by atoms with Crippen molar-refractivity contribution in [3.63, 3.8) is 0 Å². The Labute approximate surface area is 180 Å². The van der Waals surface area contributed by atoms with E-state index in [-0.39, 0.29) is 6.61 Å². The first-order valence-corrected chi connectivity index (χ1v) is 10.5. The van der Waals surface area contributed by atoms with Crippen molar-refractivity contribution in [2.45, 2.75) is 32.5 Å². The fourth-order valence-electron chi connectivity index (χ4n) is 4.27. The third kappa shape index (κ3) is 5.06. The minimum atomic E-state index is 0.197. The first kappa shape index (κ1) is 22.4. The van der Waals surface area contributed by atoms with Gasteiger partial charge in [-0.15, -0.1) is 0 Å². The highest BCUT2D eigenvalue weighted by Crippen LogP contribution is 2.40. The van der Waals surface area contributed by atoms with Crippen molar-refractivity contribution in [2.75, 3.05) is 47.6 Å². The van der Waals surface area contributed by atoms with Crippen LogP contribution >= 0.6 is 0 Å². The molecule has 3 rings (SSSR count). The number of nitrogens with zero attached hydrogens (tertiary/aromatic N) is 2. The lowest BCUT2D eigenvalue weighted by atomic mass is 10.0. The quantitative estimate of drug-likeness (QED) is 0.681. The first-order valence-electron chi connectivity index (χ1n) is 10.5. The van der Waals surface area contributed by atoms with Crippen LogP contribution in [0.4, 0.5) is 0 Å². The van der Waals surface area contributed by atoms with Gasteiger partial charge in [-0.1, -0.05) is 30.3 Å². The van der Waals surface area contributed by atoms with Gasteiger partial charge in [-0.3, -0.25) is 9.80 Å². The maximum absolute atomic E-state index is 9.65. The number of aryl methyl sites for hydroxylation is 1. The van der Waals surface area contributed by atoms with Gasteiger partial charge < -0.3 is 19.3 Å². The van der Waals surface area contributed by atoms with Crippen molar-refractivity contribution < 1.29 is 19.3 Å². The lowest BCUT2D eigenvalue weighted by Crippen LogP contribution is -2.52. The van der Waals surface area contributed by atoms with Gasteiger partial charge in [0.05, 0.1) is 21.3 Å². The molecule has 0 amide bonds. The molecule has 6 heteroatoms. The van der Waals surface area contributed by atoms with Crippen LogP contribution in [0.2, 0.25) is 0 Å². The van der Waals surface area contributed by atoms with Crippen LogP contribution in [0, 0.1) is 6.92 Å². The van der Waals surface area contributed by atoms with Crippen molar-refractivity contribution in [1.82, 2.24) is 9.80 Å². The van der Waals surface area contributed by atoms with Gasteiger partial charge in [0, 0.05) is 50.9 Å². The molecule has 1 aliphatic rings. The molecule has 0 spiro atoms. The molecule has 0 unspecified atom stereocenters. The second-order valence-corrected chi connectivity index (χ2v) is 7.79. The van der Waals surface area contributed by atoms with Crippen LogP contribution in [0.25, 0.3) is 0 Å². The van der Waals surface area contributed by atoms with Gasteiger partial charge in [0.25, 0.3) is 0 Å². The predicted octanol–water partition coefficient (Wildman–Crippen LogP) is 3.09. The summed E-state index contributed by atoms with van der Waals surface area (Å²) in [5, 5.41) is 9.65. The third-order valence-corrected chi connectivity index (χ3v) is 5.97. The summed E-state index contributed by atoms with van der Waals surface area (Å²) in [5.74, 6) is 2.01. The van der Waals surface area contributed by atoms with Gasteiger partial charge in [0.2, 0.25) is 5.75 Å². The summed E-state index contributed by atoms with van der Waals surface area (Å²) in [5.41, 5.74) is 3.75. The summed E-state index contributed by atoms with van der Waals surface area (Å²) in [7, 11) is 4.92. The van der Waals surface area contributed by atoms with Gasteiger partial charge in [0.1, 0.15) is 0 Å². The van der Waals surface area contributed by atoms with Gasteiger partial charge in [-0.05, 0) is 30.5 Å². The number of hydrogen-bond acceptors (Lipinski definition) is 6. The van der Waals surface area contributed by atoms with Crippen LogP contribution in [0.15, 0.2) is 36.4 Å². The highest BCUT2D eigenvalue weighted by atomic mass is 16.5. The van der Waals surface area contributed by atoms with Crippen molar-refractivity contribution in [3.05, 3.63) is 53.1 Å². The zero-order valence-electron chi connectivity index (χ0n) is 18.6. The maximum atomic E-state index is 9.65.